The van der Waals surface area contributed by atoms with Crippen LogP contribution in [0.4, 0.5) is 0 Å². The van der Waals surface area contributed by atoms with Crippen LogP contribution in [0.3, 0.4) is 0 Å². The van der Waals surface area contributed by atoms with E-state index >= 15 is 0 Å². The summed E-state index contributed by atoms with van der Waals surface area (Å²) in [5.41, 5.74) is 0. The highest BCUT2D eigenvalue weighted by atomic mass is 16.5. The van der Waals surface area contributed by atoms with Gasteiger partial charge in [-0.05, 0) is 12.8 Å². The molecule has 2 aliphatic heterocycles. The number of β-amino-alcohol motifs (C(OH)–C–C–N with tert-alkyl or cyclic N) is 1. The lowest BCUT2D eigenvalue weighted by atomic mass is 10.1. The normalized spacial score (nSPS) is 25.1. The highest BCUT2D eigenvalue weighted by Crippen LogP contribution is 2.17. The van der Waals surface area contributed by atoms with Crippen molar-refractivity contribution < 1.29 is 14.6 Å². The van der Waals surface area contributed by atoms with Crippen LogP contribution in [0.15, 0.2) is 12.7 Å². The van der Waals surface area contributed by atoms with Crippen molar-refractivity contribution in [3.05, 3.63) is 12.7 Å². The van der Waals surface area contributed by atoms with E-state index in [0.717, 1.165) is 32.6 Å². The molecule has 8 heteroatoms. The molecule has 0 aliphatic carbocycles. The molecule has 1 unspecified atom stereocenters. The molecule has 2 aliphatic rings. The fourth-order valence-corrected chi connectivity index (χ4v) is 3.18. The third kappa shape index (κ3) is 3.82. The van der Waals surface area contributed by atoms with Crippen molar-refractivity contribution in [2.24, 2.45) is 0 Å². The number of carbonyl (C=O) groups excluding carboxylic acids is 1. The minimum absolute atomic E-state index is 0.00678. The Bertz CT molecular complexity index is 475. The van der Waals surface area contributed by atoms with E-state index in [9.17, 15) is 9.90 Å². The van der Waals surface area contributed by atoms with Crippen LogP contribution in [0.5, 0.6) is 0 Å². The van der Waals surface area contributed by atoms with Gasteiger partial charge in [-0.1, -0.05) is 0 Å². The summed E-state index contributed by atoms with van der Waals surface area (Å²) in [6, 6.07) is 0.455. The van der Waals surface area contributed by atoms with Crippen molar-refractivity contribution >= 4 is 5.91 Å². The minimum Gasteiger partial charge on any atom is -0.390 e. The Balaban J connectivity index is 1.57. The zero-order valence-corrected chi connectivity index (χ0v) is 12.7. The molecule has 122 valence electrons. The maximum atomic E-state index is 12.3. The van der Waals surface area contributed by atoms with Gasteiger partial charge in [0.1, 0.15) is 19.2 Å². The summed E-state index contributed by atoms with van der Waals surface area (Å²) in [6.07, 6.45) is 4.55. The number of aromatic nitrogens is 3. The van der Waals surface area contributed by atoms with Crippen molar-refractivity contribution in [2.75, 3.05) is 39.4 Å². The van der Waals surface area contributed by atoms with Crippen molar-refractivity contribution in [1.29, 1.82) is 0 Å². The number of aliphatic hydroxyl groups excluding tert-OH is 1. The largest absolute Gasteiger partial charge is 0.390 e. The predicted molar refractivity (Wildman–Crippen MR) is 78.0 cm³/mol. The molecule has 0 spiro atoms. The Morgan fingerprint density at radius 1 is 1.18 bits per heavy atom. The second kappa shape index (κ2) is 7.17. The summed E-state index contributed by atoms with van der Waals surface area (Å²) in [7, 11) is 0. The van der Waals surface area contributed by atoms with Crippen LogP contribution in [0.1, 0.15) is 12.8 Å². The van der Waals surface area contributed by atoms with Gasteiger partial charge < -0.3 is 19.3 Å². The molecule has 3 rings (SSSR count). The first-order valence-electron chi connectivity index (χ1n) is 7.82. The highest BCUT2D eigenvalue weighted by molar-refractivity contribution is 5.76. The molecular formula is C14H23N5O3. The summed E-state index contributed by atoms with van der Waals surface area (Å²) in [5.74, 6) is -0.00678. The van der Waals surface area contributed by atoms with Crippen molar-refractivity contribution in [1.82, 2.24) is 24.6 Å². The Labute approximate surface area is 129 Å². The zero-order valence-electron chi connectivity index (χ0n) is 12.7. The fourth-order valence-electron chi connectivity index (χ4n) is 3.18. The predicted octanol–water partition coefficient (Wildman–Crippen LogP) is -1.04. The van der Waals surface area contributed by atoms with E-state index in [1.54, 1.807) is 9.47 Å². The Morgan fingerprint density at radius 2 is 1.91 bits per heavy atom. The van der Waals surface area contributed by atoms with Crippen LogP contribution >= 0.6 is 0 Å². The van der Waals surface area contributed by atoms with Crippen molar-refractivity contribution in [3.63, 3.8) is 0 Å². The van der Waals surface area contributed by atoms with Crippen LogP contribution in [-0.4, -0.2) is 87.1 Å². The van der Waals surface area contributed by atoms with Gasteiger partial charge in [-0.15, -0.1) is 10.2 Å². The molecule has 2 fully saturated rings. The van der Waals surface area contributed by atoms with E-state index in [1.165, 1.54) is 12.7 Å². The van der Waals surface area contributed by atoms with E-state index < -0.39 is 6.10 Å². The Hall–Kier alpha value is -1.51. The molecule has 1 amide bonds. The average Bonchev–Trinajstić information content (AvgIpc) is 2.95. The van der Waals surface area contributed by atoms with Crippen molar-refractivity contribution in [3.8, 4) is 0 Å². The summed E-state index contributed by atoms with van der Waals surface area (Å²) in [5, 5.41) is 17.6. The van der Waals surface area contributed by atoms with Crippen LogP contribution in [-0.2, 0) is 16.1 Å². The van der Waals surface area contributed by atoms with E-state index in [-0.39, 0.29) is 12.5 Å². The van der Waals surface area contributed by atoms with Gasteiger partial charge >= 0.3 is 0 Å². The number of hydrogen-bond acceptors (Lipinski definition) is 6. The molecular weight excluding hydrogens is 286 g/mol. The maximum absolute atomic E-state index is 12.3. The molecule has 0 aromatic carbocycles. The minimum atomic E-state index is -0.504. The number of rotatable bonds is 3. The summed E-state index contributed by atoms with van der Waals surface area (Å²) < 4.78 is 7.05. The summed E-state index contributed by atoms with van der Waals surface area (Å²) >= 11 is 0. The quantitative estimate of drug-likeness (QED) is 0.768. The summed E-state index contributed by atoms with van der Waals surface area (Å²) in [4.78, 5) is 16.4. The SMILES string of the molecule is O=C(Cn1cnnc1)N1CCN(C2CCOCC2)CC(O)C1. The zero-order chi connectivity index (χ0) is 15.4. The van der Waals surface area contributed by atoms with Crippen LogP contribution in [0.25, 0.3) is 0 Å². The highest BCUT2D eigenvalue weighted by Gasteiger charge is 2.29. The number of carbonyl (C=O) groups is 1. The van der Waals surface area contributed by atoms with E-state index in [0.29, 0.717) is 25.7 Å². The number of ether oxygens (including phenoxy) is 1. The van der Waals surface area contributed by atoms with Gasteiger partial charge in [0.05, 0.1) is 6.10 Å². The molecule has 0 saturated carbocycles. The van der Waals surface area contributed by atoms with E-state index in [4.69, 9.17) is 4.74 Å². The van der Waals surface area contributed by atoms with Gasteiger partial charge in [-0.3, -0.25) is 9.69 Å². The van der Waals surface area contributed by atoms with Gasteiger partial charge in [0, 0.05) is 45.4 Å². The summed E-state index contributed by atoms with van der Waals surface area (Å²) in [6.45, 7) is 4.25. The number of amides is 1. The average molecular weight is 309 g/mol. The Morgan fingerprint density at radius 3 is 2.64 bits per heavy atom. The topological polar surface area (TPSA) is 83.7 Å². The molecule has 2 saturated heterocycles. The van der Waals surface area contributed by atoms with Gasteiger partial charge in [0.2, 0.25) is 5.91 Å². The first-order valence-corrected chi connectivity index (χ1v) is 7.82. The van der Waals surface area contributed by atoms with E-state index in [1.807, 2.05) is 0 Å². The lowest BCUT2D eigenvalue weighted by molar-refractivity contribution is -0.132. The molecule has 1 aromatic heterocycles. The smallest absolute Gasteiger partial charge is 0.242 e. The second-order valence-corrected chi connectivity index (χ2v) is 5.97. The molecule has 0 radical (unpaired) electrons. The third-order valence-electron chi connectivity index (χ3n) is 4.38. The third-order valence-corrected chi connectivity index (χ3v) is 4.38. The molecule has 22 heavy (non-hydrogen) atoms. The molecule has 1 N–H and O–H groups in total. The van der Waals surface area contributed by atoms with Gasteiger partial charge in [0.25, 0.3) is 0 Å². The van der Waals surface area contributed by atoms with Gasteiger partial charge in [-0.25, -0.2) is 0 Å². The van der Waals surface area contributed by atoms with Crippen molar-refractivity contribution in [2.45, 2.75) is 31.5 Å². The first-order chi connectivity index (χ1) is 10.7. The maximum Gasteiger partial charge on any atom is 0.242 e. The number of hydrogen-bond donors (Lipinski definition) is 1. The van der Waals surface area contributed by atoms with Gasteiger partial charge in [-0.2, -0.15) is 0 Å². The van der Waals surface area contributed by atoms with Crippen LogP contribution in [0, 0.1) is 0 Å². The standard InChI is InChI=1S/C14H23N5O3/c20-13-7-18(12-1-5-22-6-2-12)3-4-19(8-13)14(21)9-17-10-15-16-11-17/h10-13,20H,1-9H2. The monoisotopic (exact) mass is 309 g/mol. The number of nitrogens with zero attached hydrogens (tertiary/aromatic N) is 5. The second-order valence-electron chi connectivity index (χ2n) is 5.97. The number of aliphatic hydroxyl groups is 1. The molecule has 8 nitrogen and oxygen atoms in total. The molecule has 1 atom stereocenters. The fraction of sp³-hybridized carbons (Fsp3) is 0.786. The van der Waals surface area contributed by atoms with E-state index in [2.05, 4.69) is 15.1 Å². The lowest BCUT2D eigenvalue weighted by Crippen LogP contribution is -2.43. The lowest BCUT2D eigenvalue weighted by Gasteiger charge is -2.33. The van der Waals surface area contributed by atoms with Crippen LogP contribution < -0.4 is 0 Å². The molecule has 3 heterocycles. The van der Waals surface area contributed by atoms with Crippen LogP contribution in [0.2, 0.25) is 0 Å². The first kappa shape index (κ1) is 15.4. The molecule has 1 aromatic rings. The van der Waals surface area contributed by atoms with Gasteiger partial charge in [0.15, 0.2) is 0 Å². The molecule has 0 bridgehead atoms. The Kier molecular flexibility index (Phi) is 5.01.